The van der Waals surface area contributed by atoms with Crippen LogP contribution >= 0.6 is 23.2 Å². The molecule has 0 unspecified atom stereocenters. The molecule has 0 bridgehead atoms. The lowest BCUT2D eigenvalue weighted by Crippen LogP contribution is -2.26. The van der Waals surface area contributed by atoms with Crippen molar-refractivity contribution in [3.8, 4) is 5.75 Å². The van der Waals surface area contributed by atoms with E-state index in [1.165, 1.54) is 19.2 Å². The third-order valence-corrected chi connectivity index (χ3v) is 3.65. The summed E-state index contributed by atoms with van der Waals surface area (Å²) in [6.07, 6.45) is 2.19. The summed E-state index contributed by atoms with van der Waals surface area (Å²) in [5, 5.41) is 11.1. The molecular weight excluding hydrogens is 315 g/mol. The molecule has 1 aromatic heterocycles. The third-order valence-electron chi connectivity index (χ3n) is 2.93. The van der Waals surface area contributed by atoms with Gasteiger partial charge in [0.2, 0.25) is 0 Å². The Morgan fingerprint density at radius 1 is 1.38 bits per heavy atom. The van der Waals surface area contributed by atoms with Crippen LogP contribution in [-0.2, 0) is 13.5 Å². The van der Waals surface area contributed by atoms with Crippen LogP contribution in [0.15, 0.2) is 18.5 Å². The van der Waals surface area contributed by atoms with Crippen molar-refractivity contribution in [2.24, 2.45) is 7.05 Å². The Labute approximate surface area is 132 Å². The molecule has 0 aliphatic heterocycles. The predicted molar refractivity (Wildman–Crippen MR) is 80.1 cm³/mol. The average Bonchev–Trinajstić information content (AvgIpc) is 2.86. The van der Waals surface area contributed by atoms with Gasteiger partial charge in [-0.1, -0.05) is 23.2 Å². The maximum Gasteiger partial charge on any atom is 0.255 e. The van der Waals surface area contributed by atoms with Crippen LogP contribution in [0.4, 0.5) is 0 Å². The first-order valence-electron chi connectivity index (χ1n) is 6.17. The number of methoxy groups -OCH3 is 1. The number of rotatable bonds is 5. The number of halogens is 2. The van der Waals surface area contributed by atoms with Crippen LogP contribution < -0.4 is 10.1 Å². The van der Waals surface area contributed by atoms with E-state index in [1.807, 2.05) is 7.05 Å². The molecule has 2 rings (SSSR count). The van der Waals surface area contributed by atoms with E-state index in [2.05, 4.69) is 15.5 Å². The first kappa shape index (κ1) is 15.6. The van der Waals surface area contributed by atoms with Crippen molar-refractivity contribution in [2.45, 2.75) is 6.42 Å². The molecule has 21 heavy (non-hydrogen) atoms. The Morgan fingerprint density at radius 3 is 2.71 bits per heavy atom. The quantitative estimate of drug-likeness (QED) is 0.912. The molecule has 2 aromatic rings. The molecule has 0 aliphatic carbocycles. The maximum absolute atomic E-state index is 12.2. The number of aromatic nitrogens is 3. The fourth-order valence-corrected chi connectivity index (χ4v) is 2.11. The summed E-state index contributed by atoms with van der Waals surface area (Å²) in [4.78, 5) is 12.2. The van der Waals surface area contributed by atoms with Crippen LogP contribution in [0.1, 0.15) is 16.2 Å². The molecule has 0 fully saturated rings. The van der Waals surface area contributed by atoms with Crippen molar-refractivity contribution in [2.75, 3.05) is 13.7 Å². The third kappa shape index (κ3) is 3.65. The topological polar surface area (TPSA) is 69.0 Å². The summed E-state index contributed by atoms with van der Waals surface area (Å²) in [5.41, 5.74) is 0.338. The van der Waals surface area contributed by atoms with E-state index in [9.17, 15) is 4.79 Å². The van der Waals surface area contributed by atoms with Crippen molar-refractivity contribution in [1.82, 2.24) is 20.1 Å². The minimum Gasteiger partial charge on any atom is -0.496 e. The monoisotopic (exact) mass is 328 g/mol. The normalized spacial score (nSPS) is 10.5. The van der Waals surface area contributed by atoms with E-state index >= 15 is 0 Å². The van der Waals surface area contributed by atoms with Crippen LogP contribution in [0.25, 0.3) is 0 Å². The van der Waals surface area contributed by atoms with Crippen LogP contribution in [0, 0.1) is 0 Å². The van der Waals surface area contributed by atoms with Gasteiger partial charge < -0.3 is 14.6 Å². The van der Waals surface area contributed by atoms with E-state index in [0.29, 0.717) is 34.3 Å². The van der Waals surface area contributed by atoms with Crippen LogP contribution in [0.3, 0.4) is 0 Å². The highest BCUT2D eigenvalue weighted by atomic mass is 35.5. The number of nitrogens with one attached hydrogen (secondary N) is 1. The number of nitrogens with zero attached hydrogens (tertiary/aromatic N) is 3. The molecule has 0 aliphatic rings. The molecule has 1 aromatic carbocycles. The second-order valence-corrected chi connectivity index (χ2v) is 5.14. The lowest BCUT2D eigenvalue weighted by atomic mass is 10.2. The fourth-order valence-electron chi connectivity index (χ4n) is 1.79. The zero-order valence-corrected chi connectivity index (χ0v) is 13.1. The van der Waals surface area contributed by atoms with Crippen molar-refractivity contribution < 1.29 is 9.53 Å². The minimum atomic E-state index is -0.285. The Balaban J connectivity index is 2.03. The van der Waals surface area contributed by atoms with Gasteiger partial charge in [-0.25, -0.2) is 0 Å². The van der Waals surface area contributed by atoms with Gasteiger partial charge in [0.25, 0.3) is 5.91 Å². The molecule has 0 spiro atoms. The van der Waals surface area contributed by atoms with Gasteiger partial charge in [-0.2, -0.15) is 0 Å². The van der Waals surface area contributed by atoms with E-state index in [-0.39, 0.29) is 5.91 Å². The van der Waals surface area contributed by atoms with E-state index in [1.54, 1.807) is 10.9 Å². The highest BCUT2D eigenvalue weighted by Gasteiger charge is 2.15. The molecule has 0 saturated carbocycles. The van der Waals surface area contributed by atoms with Gasteiger partial charge in [-0.05, 0) is 6.07 Å². The number of hydrogen-bond donors (Lipinski definition) is 1. The van der Waals surface area contributed by atoms with E-state index in [4.69, 9.17) is 27.9 Å². The Kier molecular flexibility index (Phi) is 5.03. The zero-order chi connectivity index (χ0) is 15.4. The number of carbonyl (C=O) groups is 1. The maximum atomic E-state index is 12.2. The molecule has 0 atom stereocenters. The lowest BCUT2D eigenvalue weighted by molar-refractivity contribution is 0.0951. The molecule has 8 heteroatoms. The van der Waals surface area contributed by atoms with E-state index < -0.39 is 0 Å². The highest BCUT2D eigenvalue weighted by Crippen LogP contribution is 2.30. The van der Waals surface area contributed by atoms with Crippen LogP contribution in [0.2, 0.25) is 10.0 Å². The molecule has 6 nitrogen and oxygen atoms in total. The van der Waals surface area contributed by atoms with Gasteiger partial charge in [-0.15, -0.1) is 10.2 Å². The molecule has 1 amide bonds. The number of aryl methyl sites for hydroxylation is 1. The van der Waals surface area contributed by atoms with E-state index in [0.717, 1.165) is 5.82 Å². The number of ether oxygens (including phenoxy) is 1. The summed E-state index contributed by atoms with van der Waals surface area (Å²) in [6, 6.07) is 3.00. The van der Waals surface area contributed by atoms with Gasteiger partial charge in [0.1, 0.15) is 17.9 Å². The number of hydrogen-bond acceptors (Lipinski definition) is 4. The summed E-state index contributed by atoms with van der Waals surface area (Å²) in [5.74, 6) is 0.879. The standard InChI is InChI=1S/C13H14Cl2N4O2/c1-19-7-17-18-12(19)3-4-16-13(20)8-5-9(14)10(15)6-11(8)21-2/h5-7H,3-4H2,1-2H3,(H,16,20). The number of carbonyl (C=O) groups excluding carboxylic acids is 1. The van der Waals surface area contributed by atoms with Crippen molar-refractivity contribution >= 4 is 29.1 Å². The van der Waals surface area contributed by atoms with Gasteiger partial charge in [0, 0.05) is 26.1 Å². The summed E-state index contributed by atoms with van der Waals surface area (Å²) in [7, 11) is 3.31. The molecule has 112 valence electrons. The molecule has 0 saturated heterocycles. The average molecular weight is 329 g/mol. The zero-order valence-electron chi connectivity index (χ0n) is 11.6. The predicted octanol–water partition coefficient (Wildman–Crippen LogP) is 2.10. The molecular formula is C13H14Cl2N4O2. The van der Waals surface area contributed by atoms with Crippen molar-refractivity contribution in [3.63, 3.8) is 0 Å². The van der Waals surface area contributed by atoms with Gasteiger partial charge >= 0.3 is 0 Å². The highest BCUT2D eigenvalue weighted by molar-refractivity contribution is 6.42. The summed E-state index contributed by atoms with van der Waals surface area (Å²) < 4.78 is 6.94. The smallest absolute Gasteiger partial charge is 0.255 e. The van der Waals surface area contributed by atoms with Gasteiger partial charge in [0.15, 0.2) is 0 Å². The van der Waals surface area contributed by atoms with Gasteiger partial charge in [-0.3, -0.25) is 4.79 Å². The van der Waals surface area contributed by atoms with Crippen LogP contribution in [0.5, 0.6) is 5.75 Å². The minimum absolute atomic E-state index is 0.285. The summed E-state index contributed by atoms with van der Waals surface area (Å²) in [6.45, 7) is 0.425. The number of benzene rings is 1. The van der Waals surface area contributed by atoms with Gasteiger partial charge in [0.05, 0.1) is 22.7 Å². The largest absolute Gasteiger partial charge is 0.496 e. The second-order valence-electron chi connectivity index (χ2n) is 4.33. The van der Waals surface area contributed by atoms with Crippen LogP contribution in [-0.4, -0.2) is 34.3 Å². The van der Waals surface area contributed by atoms with Crippen molar-refractivity contribution in [1.29, 1.82) is 0 Å². The molecule has 0 radical (unpaired) electrons. The Hall–Kier alpha value is -1.79. The first-order chi connectivity index (χ1) is 10.0. The Bertz CT molecular complexity index is 658. The van der Waals surface area contributed by atoms with Crippen molar-refractivity contribution in [3.05, 3.63) is 39.9 Å². The second kappa shape index (κ2) is 6.78. The molecule has 1 N–H and O–H groups in total. The Morgan fingerprint density at radius 2 is 2.10 bits per heavy atom. The first-order valence-corrected chi connectivity index (χ1v) is 6.92. The molecule has 1 heterocycles. The lowest BCUT2D eigenvalue weighted by Gasteiger charge is -2.10. The SMILES string of the molecule is COc1cc(Cl)c(Cl)cc1C(=O)NCCc1nncn1C. The fraction of sp³-hybridized carbons (Fsp3) is 0.308. The summed E-state index contributed by atoms with van der Waals surface area (Å²) >= 11 is 11.8. The number of amides is 1.